The van der Waals surface area contributed by atoms with Crippen molar-refractivity contribution in [2.24, 2.45) is 0 Å². The third-order valence-corrected chi connectivity index (χ3v) is 2.54. The summed E-state index contributed by atoms with van der Waals surface area (Å²) in [5.74, 6) is 0. The maximum absolute atomic E-state index is 8.95. The second kappa shape index (κ2) is 6.31. The number of nitrogens with zero attached hydrogens (tertiary/aromatic N) is 1. The van der Waals surface area contributed by atoms with Crippen LogP contribution in [0.2, 0.25) is 5.02 Å². The van der Waals surface area contributed by atoms with Crippen LogP contribution in [-0.4, -0.2) is 6.04 Å². The van der Waals surface area contributed by atoms with E-state index in [0.29, 0.717) is 5.02 Å². The van der Waals surface area contributed by atoms with E-state index in [1.165, 1.54) is 0 Å². The molecule has 0 aromatic heterocycles. The number of benzene rings is 1. The zero-order valence-corrected chi connectivity index (χ0v) is 9.59. The van der Waals surface area contributed by atoms with Crippen LogP contribution >= 0.6 is 11.6 Å². The first kappa shape index (κ1) is 11.9. The van der Waals surface area contributed by atoms with E-state index < -0.39 is 0 Å². The summed E-state index contributed by atoms with van der Waals surface area (Å²) in [7, 11) is 0. The van der Waals surface area contributed by atoms with Gasteiger partial charge in [0.1, 0.15) is 6.04 Å². The van der Waals surface area contributed by atoms with Gasteiger partial charge in [-0.25, -0.2) is 0 Å². The molecule has 1 unspecified atom stereocenters. The standard InChI is InChI=1S/C12H15ClN2/c1-2-3-6-10(9-14)15-12-8-5-4-7-11(12)13/h4-5,7-8,10,15H,2-3,6H2,1H3. The maximum atomic E-state index is 8.95. The second-order valence-electron chi connectivity index (χ2n) is 3.45. The summed E-state index contributed by atoms with van der Waals surface area (Å²) in [4.78, 5) is 0. The average molecular weight is 223 g/mol. The van der Waals surface area contributed by atoms with E-state index in [1.54, 1.807) is 0 Å². The van der Waals surface area contributed by atoms with E-state index in [2.05, 4.69) is 18.3 Å². The van der Waals surface area contributed by atoms with E-state index in [9.17, 15) is 0 Å². The highest BCUT2D eigenvalue weighted by atomic mass is 35.5. The Balaban J connectivity index is 2.60. The zero-order valence-electron chi connectivity index (χ0n) is 8.83. The lowest BCUT2D eigenvalue weighted by Crippen LogP contribution is -2.17. The summed E-state index contributed by atoms with van der Waals surface area (Å²) in [6.45, 7) is 2.12. The summed E-state index contributed by atoms with van der Waals surface area (Å²) in [5, 5.41) is 12.7. The molecule has 1 aromatic carbocycles. The second-order valence-corrected chi connectivity index (χ2v) is 3.86. The number of nitriles is 1. The predicted molar refractivity (Wildman–Crippen MR) is 64.0 cm³/mol. The molecule has 0 aliphatic heterocycles. The van der Waals surface area contributed by atoms with Crippen molar-refractivity contribution in [2.45, 2.75) is 32.2 Å². The molecule has 15 heavy (non-hydrogen) atoms. The van der Waals surface area contributed by atoms with Crippen LogP contribution in [0, 0.1) is 11.3 Å². The Kier molecular flexibility index (Phi) is 5.00. The van der Waals surface area contributed by atoms with Crippen molar-refractivity contribution in [3.63, 3.8) is 0 Å². The summed E-state index contributed by atoms with van der Waals surface area (Å²) >= 11 is 5.99. The largest absolute Gasteiger partial charge is 0.369 e. The molecule has 0 saturated carbocycles. The molecule has 3 heteroatoms. The van der Waals surface area contributed by atoms with Gasteiger partial charge in [0.25, 0.3) is 0 Å². The van der Waals surface area contributed by atoms with Gasteiger partial charge in [-0.15, -0.1) is 0 Å². The van der Waals surface area contributed by atoms with Crippen LogP contribution in [0.4, 0.5) is 5.69 Å². The van der Waals surface area contributed by atoms with E-state index >= 15 is 0 Å². The van der Waals surface area contributed by atoms with Crippen LogP contribution in [0.25, 0.3) is 0 Å². The lowest BCUT2D eigenvalue weighted by molar-refractivity contribution is 0.687. The molecule has 0 amide bonds. The van der Waals surface area contributed by atoms with Gasteiger partial charge in [-0.3, -0.25) is 0 Å². The van der Waals surface area contributed by atoms with E-state index in [1.807, 2.05) is 24.3 Å². The van der Waals surface area contributed by atoms with E-state index in [0.717, 1.165) is 24.9 Å². The van der Waals surface area contributed by atoms with Crippen molar-refractivity contribution >= 4 is 17.3 Å². The van der Waals surface area contributed by atoms with Crippen molar-refractivity contribution in [1.29, 1.82) is 5.26 Å². The maximum Gasteiger partial charge on any atom is 0.114 e. The molecule has 0 aliphatic rings. The van der Waals surface area contributed by atoms with Gasteiger partial charge in [-0.05, 0) is 18.6 Å². The first-order valence-electron chi connectivity index (χ1n) is 5.18. The Hall–Kier alpha value is -1.20. The summed E-state index contributed by atoms with van der Waals surface area (Å²) in [6.07, 6.45) is 3.01. The van der Waals surface area contributed by atoms with Crippen molar-refractivity contribution in [2.75, 3.05) is 5.32 Å². The molecule has 0 spiro atoms. The number of hydrogen-bond donors (Lipinski definition) is 1. The lowest BCUT2D eigenvalue weighted by Gasteiger charge is -2.13. The number of nitrogens with one attached hydrogen (secondary N) is 1. The molecule has 1 N–H and O–H groups in total. The molecular formula is C12H15ClN2. The molecule has 80 valence electrons. The number of halogens is 1. The fourth-order valence-corrected chi connectivity index (χ4v) is 1.53. The van der Waals surface area contributed by atoms with Gasteiger partial charge in [0.05, 0.1) is 16.8 Å². The Morgan fingerprint density at radius 1 is 1.47 bits per heavy atom. The molecule has 0 saturated heterocycles. The van der Waals surface area contributed by atoms with Gasteiger partial charge >= 0.3 is 0 Å². The number of hydrogen-bond acceptors (Lipinski definition) is 2. The van der Waals surface area contributed by atoms with Gasteiger partial charge in [-0.1, -0.05) is 43.5 Å². The highest BCUT2D eigenvalue weighted by Crippen LogP contribution is 2.21. The number of rotatable bonds is 5. The molecule has 1 aromatic rings. The molecular weight excluding hydrogens is 208 g/mol. The highest BCUT2D eigenvalue weighted by molar-refractivity contribution is 6.33. The molecule has 0 bridgehead atoms. The molecule has 0 aliphatic carbocycles. The van der Waals surface area contributed by atoms with Crippen LogP contribution in [0.15, 0.2) is 24.3 Å². The lowest BCUT2D eigenvalue weighted by atomic mass is 10.1. The van der Waals surface area contributed by atoms with Gasteiger partial charge in [-0.2, -0.15) is 5.26 Å². The topological polar surface area (TPSA) is 35.8 Å². The first-order chi connectivity index (χ1) is 7.27. The zero-order chi connectivity index (χ0) is 11.1. The SMILES string of the molecule is CCCCC(C#N)Nc1ccccc1Cl. The Morgan fingerprint density at radius 2 is 2.20 bits per heavy atom. The molecule has 1 rings (SSSR count). The minimum Gasteiger partial charge on any atom is -0.369 e. The van der Waals surface area contributed by atoms with Gasteiger partial charge in [0.2, 0.25) is 0 Å². The van der Waals surface area contributed by atoms with Crippen LogP contribution in [0.1, 0.15) is 26.2 Å². The fourth-order valence-electron chi connectivity index (χ4n) is 1.34. The normalized spacial score (nSPS) is 11.8. The van der Waals surface area contributed by atoms with Crippen LogP contribution < -0.4 is 5.32 Å². The molecule has 1 atom stereocenters. The number of para-hydroxylation sites is 1. The predicted octanol–water partition coefficient (Wildman–Crippen LogP) is 3.83. The van der Waals surface area contributed by atoms with Crippen LogP contribution in [-0.2, 0) is 0 Å². The molecule has 0 radical (unpaired) electrons. The Labute approximate surface area is 95.9 Å². The van der Waals surface area contributed by atoms with Crippen molar-refractivity contribution in [3.8, 4) is 6.07 Å². The average Bonchev–Trinajstić information content (AvgIpc) is 2.26. The van der Waals surface area contributed by atoms with Crippen LogP contribution in [0.3, 0.4) is 0 Å². The first-order valence-corrected chi connectivity index (χ1v) is 5.56. The van der Waals surface area contributed by atoms with Gasteiger partial charge < -0.3 is 5.32 Å². The highest BCUT2D eigenvalue weighted by Gasteiger charge is 2.07. The van der Waals surface area contributed by atoms with Crippen LogP contribution in [0.5, 0.6) is 0 Å². The Morgan fingerprint density at radius 3 is 2.80 bits per heavy atom. The number of unbranched alkanes of at least 4 members (excludes halogenated alkanes) is 1. The van der Waals surface area contributed by atoms with Crippen molar-refractivity contribution in [1.82, 2.24) is 0 Å². The third kappa shape index (κ3) is 3.81. The quantitative estimate of drug-likeness (QED) is 0.822. The summed E-state index contributed by atoms with van der Waals surface area (Å²) < 4.78 is 0. The molecule has 2 nitrogen and oxygen atoms in total. The number of anilines is 1. The third-order valence-electron chi connectivity index (χ3n) is 2.21. The minimum atomic E-state index is -0.148. The fraction of sp³-hybridized carbons (Fsp3) is 0.417. The van der Waals surface area contributed by atoms with Crippen molar-refractivity contribution < 1.29 is 0 Å². The molecule has 0 fully saturated rings. The summed E-state index contributed by atoms with van der Waals surface area (Å²) in [6, 6.07) is 9.58. The monoisotopic (exact) mass is 222 g/mol. The Bertz CT molecular complexity index is 344. The molecule has 0 heterocycles. The van der Waals surface area contributed by atoms with Crippen molar-refractivity contribution in [3.05, 3.63) is 29.3 Å². The van der Waals surface area contributed by atoms with E-state index in [4.69, 9.17) is 16.9 Å². The summed E-state index contributed by atoms with van der Waals surface area (Å²) in [5.41, 5.74) is 0.835. The van der Waals surface area contributed by atoms with Gasteiger partial charge in [0.15, 0.2) is 0 Å². The minimum absolute atomic E-state index is 0.148. The van der Waals surface area contributed by atoms with E-state index in [-0.39, 0.29) is 6.04 Å². The smallest absolute Gasteiger partial charge is 0.114 e. The van der Waals surface area contributed by atoms with Gasteiger partial charge in [0, 0.05) is 0 Å².